The van der Waals surface area contributed by atoms with Crippen molar-refractivity contribution in [3.8, 4) is 0 Å². The molecule has 0 aromatic heterocycles. The fourth-order valence-electron chi connectivity index (χ4n) is 4.17. The highest BCUT2D eigenvalue weighted by molar-refractivity contribution is 7.88. The van der Waals surface area contributed by atoms with Crippen LogP contribution >= 0.6 is 0 Å². The predicted octanol–water partition coefficient (Wildman–Crippen LogP) is 2.32. The van der Waals surface area contributed by atoms with Gasteiger partial charge in [0.1, 0.15) is 0 Å². The van der Waals surface area contributed by atoms with Crippen LogP contribution in [0.4, 0.5) is 0 Å². The van der Waals surface area contributed by atoms with Crippen LogP contribution in [-0.4, -0.2) is 43.0 Å². The summed E-state index contributed by atoms with van der Waals surface area (Å²) in [5.41, 5.74) is 1.92. The van der Waals surface area contributed by atoms with Crippen molar-refractivity contribution in [2.24, 2.45) is 0 Å². The highest BCUT2D eigenvalue weighted by Gasteiger charge is 2.45. The Bertz CT molecular complexity index is 685. The Morgan fingerprint density at radius 1 is 1.17 bits per heavy atom. The fourth-order valence-corrected chi connectivity index (χ4v) is 5.64. The Labute approximate surface area is 144 Å². The van der Waals surface area contributed by atoms with E-state index in [1.165, 1.54) is 11.8 Å². The number of fused-ring (bicyclic) bond motifs is 2. The van der Waals surface area contributed by atoms with Gasteiger partial charge in [-0.1, -0.05) is 25.5 Å². The number of carbonyl (C=O) groups is 1. The fraction of sp³-hybridized carbons (Fsp3) is 0.611. The van der Waals surface area contributed by atoms with Crippen LogP contribution in [0.1, 0.15) is 54.9 Å². The number of amides is 1. The zero-order chi connectivity index (χ0) is 17.3. The quantitative estimate of drug-likeness (QED) is 0.886. The van der Waals surface area contributed by atoms with E-state index in [9.17, 15) is 13.2 Å². The topological polar surface area (TPSA) is 66.5 Å². The van der Waals surface area contributed by atoms with Crippen molar-refractivity contribution in [2.45, 2.75) is 63.6 Å². The van der Waals surface area contributed by atoms with Gasteiger partial charge in [-0.3, -0.25) is 4.79 Å². The summed E-state index contributed by atoms with van der Waals surface area (Å²) >= 11 is 0. The monoisotopic (exact) mass is 350 g/mol. The van der Waals surface area contributed by atoms with Crippen LogP contribution < -0.4 is 5.32 Å². The van der Waals surface area contributed by atoms with E-state index >= 15 is 0 Å². The third kappa shape index (κ3) is 3.64. The van der Waals surface area contributed by atoms with E-state index in [2.05, 4.69) is 12.2 Å². The number of aryl methyl sites for hydroxylation is 1. The number of rotatable bonds is 5. The molecule has 0 spiro atoms. The van der Waals surface area contributed by atoms with E-state index in [0.717, 1.165) is 25.7 Å². The Morgan fingerprint density at radius 2 is 1.75 bits per heavy atom. The molecule has 2 unspecified atom stereocenters. The normalized spacial score (nSPS) is 27.2. The van der Waals surface area contributed by atoms with Crippen molar-refractivity contribution in [3.63, 3.8) is 0 Å². The first kappa shape index (κ1) is 17.4. The van der Waals surface area contributed by atoms with Gasteiger partial charge >= 0.3 is 0 Å². The summed E-state index contributed by atoms with van der Waals surface area (Å²) in [5, 5.41) is 3.10. The first-order chi connectivity index (χ1) is 11.4. The third-order valence-corrected chi connectivity index (χ3v) is 6.50. The molecule has 2 saturated heterocycles. The summed E-state index contributed by atoms with van der Waals surface area (Å²) < 4.78 is 25.5. The Morgan fingerprint density at radius 3 is 2.25 bits per heavy atom. The second-order valence-electron chi connectivity index (χ2n) is 7.07. The lowest BCUT2D eigenvalue weighted by Crippen LogP contribution is -2.52. The minimum Gasteiger partial charge on any atom is -0.349 e. The molecule has 2 atom stereocenters. The first-order valence-corrected chi connectivity index (χ1v) is 10.6. The largest absolute Gasteiger partial charge is 0.349 e. The van der Waals surface area contributed by atoms with Crippen LogP contribution in [-0.2, 0) is 16.4 Å². The number of nitrogens with zero attached hydrogens (tertiary/aromatic N) is 1. The first-order valence-electron chi connectivity index (χ1n) is 8.76. The maximum Gasteiger partial charge on any atom is 0.251 e. The van der Waals surface area contributed by atoms with Crippen LogP contribution in [0.25, 0.3) is 0 Å². The number of benzene rings is 1. The lowest BCUT2D eigenvalue weighted by molar-refractivity contribution is 0.0909. The molecule has 1 amide bonds. The Balaban J connectivity index is 1.62. The molecule has 0 aliphatic carbocycles. The van der Waals surface area contributed by atoms with Gasteiger partial charge in [-0.25, -0.2) is 8.42 Å². The molecular weight excluding hydrogens is 324 g/mol. The van der Waals surface area contributed by atoms with Crippen molar-refractivity contribution in [3.05, 3.63) is 35.4 Å². The van der Waals surface area contributed by atoms with E-state index in [0.29, 0.717) is 18.4 Å². The average molecular weight is 350 g/mol. The van der Waals surface area contributed by atoms with Gasteiger partial charge in [0, 0.05) is 23.7 Å². The van der Waals surface area contributed by atoms with Gasteiger partial charge in [-0.2, -0.15) is 4.31 Å². The number of hydrogen-bond donors (Lipinski definition) is 1. The number of sulfonamides is 1. The summed E-state index contributed by atoms with van der Waals surface area (Å²) in [6.45, 7) is 2.14. The standard InChI is InChI=1S/C18H26N2O3S/c1-3-4-13-5-7-14(8-6-13)18(21)19-15-11-16-9-10-17(12-15)20(16)24(2,22)23/h5-8,15-17H,3-4,9-12H2,1-2H3,(H,19,21). The lowest BCUT2D eigenvalue weighted by atomic mass is 9.99. The predicted molar refractivity (Wildman–Crippen MR) is 94.4 cm³/mol. The molecule has 3 rings (SSSR count). The summed E-state index contributed by atoms with van der Waals surface area (Å²) in [7, 11) is -3.16. The van der Waals surface area contributed by atoms with E-state index in [-0.39, 0.29) is 24.0 Å². The van der Waals surface area contributed by atoms with Crippen molar-refractivity contribution in [1.82, 2.24) is 9.62 Å². The number of piperidine rings is 1. The molecule has 2 aliphatic heterocycles. The molecule has 2 bridgehead atoms. The van der Waals surface area contributed by atoms with Crippen molar-refractivity contribution in [2.75, 3.05) is 6.26 Å². The zero-order valence-corrected chi connectivity index (χ0v) is 15.2. The molecule has 2 fully saturated rings. The van der Waals surface area contributed by atoms with Gasteiger partial charge in [-0.15, -0.1) is 0 Å². The van der Waals surface area contributed by atoms with Gasteiger partial charge in [0.05, 0.1) is 6.26 Å². The van der Waals surface area contributed by atoms with Gasteiger partial charge in [-0.05, 0) is 49.8 Å². The molecule has 2 aliphatic rings. The van der Waals surface area contributed by atoms with Crippen LogP contribution in [0.15, 0.2) is 24.3 Å². The smallest absolute Gasteiger partial charge is 0.251 e. The summed E-state index contributed by atoms with van der Waals surface area (Å²) in [6.07, 6.45) is 6.62. The molecule has 132 valence electrons. The van der Waals surface area contributed by atoms with Crippen LogP contribution in [0.5, 0.6) is 0 Å². The molecule has 1 N–H and O–H groups in total. The number of hydrogen-bond acceptors (Lipinski definition) is 3. The molecule has 5 nitrogen and oxygen atoms in total. The maximum absolute atomic E-state index is 12.5. The Hall–Kier alpha value is -1.40. The van der Waals surface area contributed by atoms with Crippen molar-refractivity contribution >= 4 is 15.9 Å². The second kappa shape index (κ2) is 6.84. The van der Waals surface area contributed by atoms with Crippen LogP contribution in [0.3, 0.4) is 0 Å². The van der Waals surface area contributed by atoms with Gasteiger partial charge in [0.2, 0.25) is 10.0 Å². The molecule has 6 heteroatoms. The molecular formula is C18H26N2O3S. The second-order valence-corrected chi connectivity index (χ2v) is 8.95. The molecule has 1 aromatic rings. The van der Waals surface area contributed by atoms with E-state index in [4.69, 9.17) is 0 Å². The van der Waals surface area contributed by atoms with Gasteiger partial charge in [0.25, 0.3) is 5.91 Å². The minimum absolute atomic E-state index is 0.0379. The molecule has 0 saturated carbocycles. The minimum atomic E-state index is -3.16. The molecule has 0 radical (unpaired) electrons. The van der Waals surface area contributed by atoms with Crippen LogP contribution in [0.2, 0.25) is 0 Å². The van der Waals surface area contributed by atoms with Gasteiger partial charge in [0.15, 0.2) is 0 Å². The molecule has 2 heterocycles. The van der Waals surface area contributed by atoms with Crippen molar-refractivity contribution < 1.29 is 13.2 Å². The molecule has 24 heavy (non-hydrogen) atoms. The van der Waals surface area contributed by atoms with E-state index in [1.54, 1.807) is 4.31 Å². The SMILES string of the molecule is CCCc1ccc(C(=O)NC2CC3CCC(C2)N3S(C)(=O)=O)cc1. The van der Waals surface area contributed by atoms with E-state index in [1.807, 2.05) is 24.3 Å². The highest BCUT2D eigenvalue weighted by Crippen LogP contribution is 2.37. The van der Waals surface area contributed by atoms with Crippen molar-refractivity contribution in [1.29, 1.82) is 0 Å². The summed E-state index contributed by atoms with van der Waals surface area (Å²) in [4.78, 5) is 12.5. The number of carbonyl (C=O) groups excluding carboxylic acids is 1. The zero-order valence-electron chi connectivity index (χ0n) is 14.4. The number of nitrogens with one attached hydrogen (secondary N) is 1. The average Bonchev–Trinajstić information content (AvgIpc) is 2.81. The van der Waals surface area contributed by atoms with Gasteiger partial charge < -0.3 is 5.32 Å². The Kier molecular flexibility index (Phi) is 4.97. The lowest BCUT2D eigenvalue weighted by Gasteiger charge is -2.37. The van der Waals surface area contributed by atoms with Crippen LogP contribution in [0, 0.1) is 0 Å². The molecule has 1 aromatic carbocycles. The highest BCUT2D eigenvalue weighted by atomic mass is 32.2. The summed E-state index contributed by atoms with van der Waals surface area (Å²) in [5.74, 6) is -0.0599. The van der Waals surface area contributed by atoms with E-state index < -0.39 is 10.0 Å². The third-order valence-electron chi connectivity index (χ3n) is 5.14. The summed E-state index contributed by atoms with van der Waals surface area (Å²) in [6, 6.07) is 7.90. The maximum atomic E-state index is 12.5.